The first-order valence-corrected chi connectivity index (χ1v) is 8.56. The zero-order valence-corrected chi connectivity index (χ0v) is 15.0. The number of hydrogen-bond donors (Lipinski definition) is 1. The summed E-state index contributed by atoms with van der Waals surface area (Å²) in [6.45, 7) is 4.85. The van der Waals surface area contributed by atoms with Crippen LogP contribution in [0, 0.1) is 13.8 Å². The van der Waals surface area contributed by atoms with Crippen molar-refractivity contribution in [3.05, 3.63) is 46.0 Å². The number of likely N-dealkylation sites (tertiary alicyclic amines) is 1. The molecule has 1 unspecified atom stereocenters. The van der Waals surface area contributed by atoms with Gasteiger partial charge in [-0.3, -0.25) is 14.0 Å². The van der Waals surface area contributed by atoms with Gasteiger partial charge in [0.25, 0.3) is 11.5 Å². The van der Waals surface area contributed by atoms with Gasteiger partial charge in [-0.15, -0.1) is 0 Å². The fourth-order valence-electron chi connectivity index (χ4n) is 3.50. The van der Waals surface area contributed by atoms with Gasteiger partial charge < -0.3 is 19.6 Å². The lowest BCUT2D eigenvalue weighted by molar-refractivity contribution is 0.0786. The number of rotatable bonds is 2. The van der Waals surface area contributed by atoms with Crippen molar-refractivity contribution in [1.82, 2.24) is 18.9 Å². The number of aryl methyl sites for hydroxylation is 2. The summed E-state index contributed by atoms with van der Waals surface area (Å²) >= 11 is 0. The molecule has 1 aliphatic heterocycles. The van der Waals surface area contributed by atoms with Crippen LogP contribution in [0.4, 0.5) is 0 Å². The number of furan rings is 1. The van der Waals surface area contributed by atoms with Gasteiger partial charge in [0.05, 0.1) is 5.69 Å². The summed E-state index contributed by atoms with van der Waals surface area (Å²) in [4.78, 5) is 31.4. The molecule has 3 aromatic heterocycles. The molecule has 3 aromatic rings. The fraction of sp³-hybridized carbons (Fsp3) is 0.389. The zero-order chi connectivity index (χ0) is 18.6. The van der Waals surface area contributed by atoms with E-state index < -0.39 is 0 Å². The molecule has 136 valence electrons. The Kier molecular flexibility index (Phi) is 3.73. The predicted octanol–water partition coefficient (Wildman–Crippen LogP) is 1.08. The van der Waals surface area contributed by atoms with Crippen LogP contribution in [-0.4, -0.2) is 43.9 Å². The SMILES string of the molecule is Cc1cc(-c2cn3cc(C(=O)N4CCC(N)C4)nc3c(=O)n2C)c(C)o1. The van der Waals surface area contributed by atoms with E-state index in [1.807, 2.05) is 19.9 Å². The third-order valence-electron chi connectivity index (χ3n) is 4.90. The molecular formula is C18H21N5O3. The summed E-state index contributed by atoms with van der Waals surface area (Å²) in [6, 6.07) is 1.90. The third-order valence-corrected chi connectivity index (χ3v) is 4.90. The summed E-state index contributed by atoms with van der Waals surface area (Å²) < 4.78 is 8.73. The van der Waals surface area contributed by atoms with Gasteiger partial charge in [-0.1, -0.05) is 0 Å². The van der Waals surface area contributed by atoms with Gasteiger partial charge in [-0.25, -0.2) is 4.98 Å². The lowest BCUT2D eigenvalue weighted by Crippen LogP contribution is -2.32. The highest BCUT2D eigenvalue weighted by Gasteiger charge is 2.27. The number of carbonyl (C=O) groups excluding carboxylic acids is 1. The van der Waals surface area contributed by atoms with Gasteiger partial charge in [-0.05, 0) is 26.3 Å². The molecule has 0 aromatic carbocycles. The maximum Gasteiger partial charge on any atom is 0.294 e. The van der Waals surface area contributed by atoms with E-state index in [-0.39, 0.29) is 28.8 Å². The van der Waals surface area contributed by atoms with Crippen LogP contribution in [0.2, 0.25) is 0 Å². The molecule has 0 radical (unpaired) electrons. The number of fused-ring (bicyclic) bond motifs is 1. The Balaban J connectivity index is 1.81. The molecule has 1 atom stereocenters. The summed E-state index contributed by atoms with van der Waals surface area (Å²) in [7, 11) is 1.69. The van der Waals surface area contributed by atoms with Gasteiger partial charge in [0.1, 0.15) is 17.2 Å². The maximum atomic E-state index is 12.8. The number of amides is 1. The predicted molar refractivity (Wildman–Crippen MR) is 96.1 cm³/mol. The van der Waals surface area contributed by atoms with Crippen molar-refractivity contribution in [3.63, 3.8) is 0 Å². The maximum absolute atomic E-state index is 12.8. The smallest absolute Gasteiger partial charge is 0.294 e. The molecule has 8 heteroatoms. The van der Waals surface area contributed by atoms with Crippen LogP contribution in [0.5, 0.6) is 0 Å². The Bertz CT molecular complexity index is 1070. The Hall–Kier alpha value is -2.87. The molecule has 8 nitrogen and oxygen atoms in total. The lowest BCUT2D eigenvalue weighted by atomic mass is 10.2. The van der Waals surface area contributed by atoms with Crippen molar-refractivity contribution in [2.45, 2.75) is 26.3 Å². The number of imidazole rings is 1. The first kappa shape index (κ1) is 16.6. The Labute approximate surface area is 149 Å². The summed E-state index contributed by atoms with van der Waals surface area (Å²) in [5.41, 5.74) is 7.64. The Morgan fingerprint density at radius 3 is 2.73 bits per heavy atom. The number of carbonyl (C=O) groups is 1. The van der Waals surface area contributed by atoms with Crippen molar-refractivity contribution in [3.8, 4) is 11.3 Å². The van der Waals surface area contributed by atoms with E-state index >= 15 is 0 Å². The molecule has 0 spiro atoms. The van der Waals surface area contributed by atoms with Gasteiger partial charge in [-0.2, -0.15) is 0 Å². The van der Waals surface area contributed by atoms with E-state index in [0.717, 1.165) is 23.5 Å². The highest BCUT2D eigenvalue weighted by atomic mass is 16.3. The Morgan fingerprint density at radius 2 is 2.12 bits per heavy atom. The number of nitrogens with two attached hydrogens (primary N) is 1. The third kappa shape index (κ3) is 2.53. The monoisotopic (exact) mass is 355 g/mol. The van der Waals surface area contributed by atoms with Crippen molar-refractivity contribution >= 4 is 11.6 Å². The molecule has 1 amide bonds. The standard InChI is InChI=1S/C18H21N5O3/c1-10-6-13(11(2)26-10)15-9-23-8-14(20-16(23)18(25)21(15)3)17(24)22-5-4-12(19)7-22/h6,8-9,12H,4-5,7,19H2,1-3H3. The Morgan fingerprint density at radius 1 is 1.35 bits per heavy atom. The molecule has 2 N–H and O–H groups in total. The second-order valence-corrected chi connectivity index (χ2v) is 6.86. The van der Waals surface area contributed by atoms with Crippen LogP contribution in [0.15, 0.2) is 27.7 Å². The highest BCUT2D eigenvalue weighted by Crippen LogP contribution is 2.25. The van der Waals surface area contributed by atoms with E-state index in [1.165, 1.54) is 4.57 Å². The second-order valence-electron chi connectivity index (χ2n) is 6.86. The number of nitrogens with zero attached hydrogens (tertiary/aromatic N) is 4. The van der Waals surface area contributed by atoms with Gasteiger partial charge >= 0.3 is 0 Å². The minimum absolute atomic E-state index is 0.00255. The van der Waals surface area contributed by atoms with Gasteiger partial charge in [0, 0.05) is 44.1 Å². The summed E-state index contributed by atoms with van der Waals surface area (Å²) in [5, 5.41) is 0. The van der Waals surface area contributed by atoms with Gasteiger partial charge in [0.2, 0.25) is 5.65 Å². The van der Waals surface area contributed by atoms with Crippen LogP contribution in [0.1, 0.15) is 28.4 Å². The first-order valence-electron chi connectivity index (χ1n) is 8.56. The second kappa shape index (κ2) is 5.84. The minimum atomic E-state index is -0.266. The topological polar surface area (TPSA) is 98.8 Å². The molecule has 4 heterocycles. The minimum Gasteiger partial charge on any atom is -0.466 e. The number of hydrogen-bond acceptors (Lipinski definition) is 5. The molecule has 0 aliphatic carbocycles. The quantitative estimate of drug-likeness (QED) is 0.742. The van der Waals surface area contributed by atoms with Crippen molar-refractivity contribution in [2.75, 3.05) is 13.1 Å². The average Bonchev–Trinajstić information content (AvgIpc) is 3.29. The molecular weight excluding hydrogens is 334 g/mol. The average molecular weight is 355 g/mol. The van der Waals surface area contributed by atoms with E-state index in [4.69, 9.17) is 10.2 Å². The molecule has 1 saturated heterocycles. The van der Waals surface area contributed by atoms with E-state index in [9.17, 15) is 9.59 Å². The highest BCUT2D eigenvalue weighted by molar-refractivity contribution is 5.93. The molecule has 1 aliphatic rings. The first-order chi connectivity index (χ1) is 12.3. The normalized spacial score (nSPS) is 17.4. The summed E-state index contributed by atoms with van der Waals surface area (Å²) in [5.74, 6) is 1.32. The number of aromatic nitrogens is 3. The molecule has 4 rings (SSSR count). The lowest BCUT2D eigenvalue weighted by Gasteiger charge is -2.13. The molecule has 0 bridgehead atoms. The van der Waals surface area contributed by atoms with Crippen LogP contribution >= 0.6 is 0 Å². The van der Waals surface area contributed by atoms with Crippen LogP contribution in [0.25, 0.3) is 16.9 Å². The van der Waals surface area contributed by atoms with Crippen LogP contribution in [-0.2, 0) is 7.05 Å². The van der Waals surface area contributed by atoms with Crippen LogP contribution < -0.4 is 11.3 Å². The van der Waals surface area contributed by atoms with Crippen LogP contribution in [0.3, 0.4) is 0 Å². The summed E-state index contributed by atoms with van der Waals surface area (Å²) in [6.07, 6.45) is 4.19. The van der Waals surface area contributed by atoms with Crippen molar-refractivity contribution < 1.29 is 9.21 Å². The van der Waals surface area contributed by atoms with E-state index in [2.05, 4.69) is 4.98 Å². The van der Waals surface area contributed by atoms with E-state index in [0.29, 0.717) is 18.8 Å². The van der Waals surface area contributed by atoms with Gasteiger partial charge in [0.15, 0.2) is 0 Å². The fourth-order valence-corrected chi connectivity index (χ4v) is 3.50. The van der Waals surface area contributed by atoms with Crippen molar-refractivity contribution in [2.24, 2.45) is 12.8 Å². The van der Waals surface area contributed by atoms with E-state index in [1.54, 1.807) is 28.7 Å². The molecule has 0 saturated carbocycles. The molecule has 26 heavy (non-hydrogen) atoms. The van der Waals surface area contributed by atoms with Crippen molar-refractivity contribution in [1.29, 1.82) is 0 Å². The molecule has 1 fully saturated rings. The zero-order valence-electron chi connectivity index (χ0n) is 15.0. The largest absolute Gasteiger partial charge is 0.466 e.